The molecule has 0 heterocycles. The second-order valence-electron chi connectivity index (χ2n) is 4.37. The SMILES string of the molecule is Cc1cc(Br)ccc1NS(=O)(=O)c1ccccc1C(=O)O. The minimum atomic E-state index is -3.97. The zero-order valence-electron chi connectivity index (χ0n) is 11.0. The Morgan fingerprint density at radius 1 is 1.19 bits per heavy atom. The van der Waals surface area contributed by atoms with Gasteiger partial charge in [0.25, 0.3) is 10.0 Å². The molecule has 0 spiro atoms. The highest BCUT2D eigenvalue weighted by molar-refractivity contribution is 9.10. The Hall–Kier alpha value is -1.86. The van der Waals surface area contributed by atoms with Gasteiger partial charge in [-0.15, -0.1) is 0 Å². The van der Waals surface area contributed by atoms with Gasteiger partial charge in [0, 0.05) is 4.47 Å². The molecule has 7 heteroatoms. The van der Waals surface area contributed by atoms with Crippen LogP contribution in [0, 0.1) is 6.92 Å². The van der Waals surface area contributed by atoms with E-state index in [9.17, 15) is 13.2 Å². The van der Waals surface area contributed by atoms with E-state index >= 15 is 0 Å². The maximum absolute atomic E-state index is 12.4. The Bertz CT molecular complexity index is 802. The predicted molar refractivity (Wildman–Crippen MR) is 83.1 cm³/mol. The lowest BCUT2D eigenvalue weighted by molar-refractivity contribution is 0.0692. The van der Waals surface area contributed by atoms with Crippen molar-refractivity contribution in [1.29, 1.82) is 0 Å². The van der Waals surface area contributed by atoms with E-state index in [1.54, 1.807) is 25.1 Å². The number of rotatable bonds is 4. The highest BCUT2D eigenvalue weighted by Crippen LogP contribution is 2.24. The molecular formula is C14H12BrNO4S. The van der Waals surface area contributed by atoms with Crippen LogP contribution in [0.2, 0.25) is 0 Å². The van der Waals surface area contributed by atoms with Gasteiger partial charge in [0.1, 0.15) is 4.90 Å². The van der Waals surface area contributed by atoms with Gasteiger partial charge in [-0.05, 0) is 42.8 Å². The van der Waals surface area contributed by atoms with Crippen LogP contribution in [0.15, 0.2) is 51.8 Å². The van der Waals surface area contributed by atoms with Crippen LogP contribution in [-0.4, -0.2) is 19.5 Å². The molecule has 2 N–H and O–H groups in total. The third-order valence-electron chi connectivity index (χ3n) is 2.84. The van der Waals surface area contributed by atoms with Gasteiger partial charge in [0.2, 0.25) is 0 Å². The molecule has 0 aromatic heterocycles. The number of nitrogens with one attached hydrogen (secondary N) is 1. The summed E-state index contributed by atoms with van der Waals surface area (Å²) in [6.07, 6.45) is 0. The molecule has 0 aliphatic heterocycles. The van der Waals surface area contributed by atoms with Crippen molar-refractivity contribution in [3.63, 3.8) is 0 Å². The summed E-state index contributed by atoms with van der Waals surface area (Å²) in [7, 11) is -3.97. The second kappa shape index (κ2) is 5.87. The van der Waals surface area contributed by atoms with Crippen LogP contribution >= 0.6 is 15.9 Å². The normalized spacial score (nSPS) is 11.1. The van der Waals surface area contributed by atoms with Crippen molar-refractivity contribution in [3.8, 4) is 0 Å². The van der Waals surface area contributed by atoms with Crippen molar-refractivity contribution in [3.05, 3.63) is 58.1 Å². The molecule has 0 aliphatic rings. The Kier molecular flexibility index (Phi) is 4.34. The molecule has 0 atom stereocenters. The van der Waals surface area contributed by atoms with Crippen molar-refractivity contribution in [1.82, 2.24) is 0 Å². The van der Waals surface area contributed by atoms with E-state index in [2.05, 4.69) is 20.7 Å². The van der Waals surface area contributed by atoms with Crippen molar-refractivity contribution >= 4 is 37.6 Å². The summed E-state index contributed by atoms with van der Waals surface area (Å²) in [5.74, 6) is -1.29. The summed E-state index contributed by atoms with van der Waals surface area (Å²) in [6, 6.07) is 10.6. The summed E-state index contributed by atoms with van der Waals surface area (Å²) < 4.78 is 28.0. The van der Waals surface area contributed by atoms with Crippen LogP contribution in [0.4, 0.5) is 5.69 Å². The summed E-state index contributed by atoms with van der Waals surface area (Å²) in [5.41, 5.74) is 0.860. The molecular weight excluding hydrogens is 358 g/mol. The van der Waals surface area contributed by atoms with Crippen LogP contribution in [0.3, 0.4) is 0 Å². The first-order valence-electron chi connectivity index (χ1n) is 5.92. The van der Waals surface area contributed by atoms with Gasteiger partial charge in [0.05, 0.1) is 11.3 Å². The summed E-state index contributed by atoms with van der Waals surface area (Å²) in [5, 5.41) is 9.09. The van der Waals surface area contributed by atoms with Crippen LogP contribution < -0.4 is 4.72 Å². The Morgan fingerprint density at radius 2 is 1.86 bits per heavy atom. The first-order valence-corrected chi connectivity index (χ1v) is 8.20. The van der Waals surface area contributed by atoms with Gasteiger partial charge in [0.15, 0.2) is 0 Å². The molecule has 0 aliphatic carbocycles. The van der Waals surface area contributed by atoms with E-state index in [0.29, 0.717) is 5.69 Å². The number of sulfonamides is 1. The van der Waals surface area contributed by atoms with Crippen LogP contribution in [0.25, 0.3) is 0 Å². The Morgan fingerprint density at radius 3 is 2.48 bits per heavy atom. The largest absolute Gasteiger partial charge is 0.478 e. The molecule has 0 bridgehead atoms. The van der Waals surface area contributed by atoms with Crippen LogP contribution in [0.1, 0.15) is 15.9 Å². The number of hydrogen-bond acceptors (Lipinski definition) is 3. The number of carboxylic acid groups (broad SMARTS) is 1. The molecule has 0 amide bonds. The first kappa shape index (κ1) is 15.5. The number of anilines is 1. The van der Waals surface area contributed by atoms with Gasteiger partial charge < -0.3 is 5.11 Å². The number of aromatic carboxylic acids is 1. The molecule has 0 radical (unpaired) electrons. The fraction of sp³-hybridized carbons (Fsp3) is 0.0714. The Balaban J connectivity index is 2.46. The predicted octanol–water partition coefficient (Wildman–Crippen LogP) is 3.26. The molecule has 2 aromatic carbocycles. The van der Waals surface area contributed by atoms with E-state index in [1.165, 1.54) is 24.3 Å². The smallest absolute Gasteiger partial charge is 0.337 e. The van der Waals surface area contributed by atoms with Crippen LogP contribution in [-0.2, 0) is 10.0 Å². The van der Waals surface area contributed by atoms with Gasteiger partial charge in [-0.25, -0.2) is 13.2 Å². The van der Waals surface area contributed by atoms with E-state index in [0.717, 1.165) is 10.0 Å². The average molecular weight is 370 g/mol. The van der Waals surface area contributed by atoms with Gasteiger partial charge >= 0.3 is 5.97 Å². The first-order chi connectivity index (χ1) is 9.81. The topological polar surface area (TPSA) is 83.5 Å². The highest BCUT2D eigenvalue weighted by atomic mass is 79.9. The van der Waals surface area contributed by atoms with Crippen molar-refractivity contribution < 1.29 is 18.3 Å². The van der Waals surface area contributed by atoms with E-state index in [1.807, 2.05) is 0 Å². The summed E-state index contributed by atoms with van der Waals surface area (Å²) >= 11 is 3.30. The number of benzene rings is 2. The third-order valence-corrected chi connectivity index (χ3v) is 4.76. The molecule has 2 rings (SSSR count). The zero-order valence-corrected chi connectivity index (χ0v) is 13.4. The quantitative estimate of drug-likeness (QED) is 0.866. The van der Waals surface area contributed by atoms with Gasteiger partial charge in [-0.1, -0.05) is 28.1 Å². The summed E-state index contributed by atoms with van der Waals surface area (Å²) in [6.45, 7) is 1.76. The highest BCUT2D eigenvalue weighted by Gasteiger charge is 2.22. The standard InChI is InChI=1S/C14H12BrNO4S/c1-9-8-10(15)6-7-12(9)16-21(19,20)13-5-3-2-4-11(13)14(17)18/h2-8,16H,1H3,(H,17,18). The van der Waals surface area contributed by atoms with Crippen LogP contribution in [0.5, 0.6) is 0 Å². The number of carboxylic acids is 1. The van der Waals surface area contributed by atoms with E-state index in [-0.39, 0.29) is 10.5 Å². The van der Waals surface area contributed by atoms with E-state index < -0.39 is 16.0 Å². The molecule has 0 fully saturated rings. The maximum atomic E-state index is 12.4. The van der Waals surface area contributed by atoms with E-state index in [4.69, 9.17) is 5.11 Å². The number of aryl methyl sites for hydroxylation is 1. The minimum Gasteiger partial charge on any atom is -0.478 e. The lowest BCUT2D eigenvalue weighted by atomic mass is 10.2. The molecule has 0 saturated heterocycles. The molecule has 0 unspecified atom stereocenters. The van der Waals surface area contributed by atoms with Crippen molar-refractivity contribution in [2.24, 2.45) is 0 Å². The van der Waals surface area contributed by atoms with Crippen molar-refractivity contribution in [2.75, 3.05) is 4.72 Å². The number of hydrogen-bond donors (Lipinski definition) is 2. The lowest BCUT2D eigenvalue weighted by Gasteiger charge is -2.12. The third kappa shape index (κ3) is 3.43. The molecule has 0 saturated carbocycles. The molecule has 21 heavy (non-hydrogen) atoms. The average Bonchev–Trinajstić information content (AvgIpc) is 2.42. The second-order valence-corrected chi connectivity index (χ2v) is 6.93. The Labute approximate surface area is 130 Å². The number of halogens is 1. The molecule has 2 aromatic rings. The van der Waals surface area contributed by atoms with Crippen molar-refractivity contribution in [2.45, 2.75) is 11.8 Å². The molecule has 5 nitrogen and oxygen atoms in total. The summed E-state index contributed by atoms with van der Waals surface area (Å²) in [4.78, 5) is 10.9. The maximum Gasteiger partial charge on any atom is 0.337 e. The van der Waals surface area contributed by atoms with Gasteiger partial charge in [-0.2, -0.15) is 0 Å². The zero-order chi connectivity index (χ0) is 15.6. The van der Waals surface area contributed by atoms with Gasteiger partial charge in [-0.3, -0.25) is 4.72 Å². The fourth-order valence-electron chi connectivity index (χ4n) is 1.82. The lowest BCUT2D eigenvalue weighted by Crippen LogP contribution is -2.17. The monoisotopic (exact) mass is 369 g/mol. The fourth-order valence-corrected chi connectivity index (χ4v) is 3.63. The minimum absolute atomic E-state index is 0.264. The molecule has 110 valence electrons. The number of carbonyl (C=O) groups is 1.